The van der Waals surface area contributed by atoms with E-state index in [4.69, 9.17) is 4.98 Å². The Hall–Kier alpha value is -2.20. The first-order chi connectivity index (χ1) is 10.4. The van der Waals surface area contributed by atoms with Crippen molar-refractivity contribution in [3.05, 3.63) is 47.8 Å². The van der Waals surface area contributed by atoms with E-state index in [2.05, 4.69) is 40.0 Å². The Morgan fingerprint density at radius 2 is 2.24 bits per heavy atom. The molecule has 4 rings (SSSR count). The lowest BCUT2D eigenvalue weighted by Gasteiger charge is -2.20. The van der Waals surface area contributed by atoms with Gasteiger partial charge in [0.2, 0.25) is 0 Å². The number of aromatic nitrogens is 3. The van der Waals surface area contributed by atoms with Crippen molar-refractivity contribution in [2.75, 3.05) is 6.54 Å². The van der Waals surface area contributed by atoms with Crippen LogP contribution in [0.4, 0.5) is 0 Å². The van der Waals surface area contributed by atoms with Gasteiger partial charge in [0, 0.05) is 24.8 Å². The molecule has 21 heavy (non-hydrogen) atoms. The van der Waals surface area contributed by atoms with Crippen molar-refractivity contribution in [2.45, 2.75) is 26.4 Å². The van der Waals surface area contributed by atoms with Gasteiger partial charge >= 0.3 is 0 Å². The molecule has 106 valence electrons. The van der Waals surface area contributed by atoms with E-state index >= 15 is 0 Å². The molecule has 2 aromatic heterocycles. The molecule has 0 radical (unpaired) electrons. The number of imidazole rings is 1. The van der Waals surface area contributed by atoms with E-state index in [0.29, 0.717) is 0 Å². The van der Waals surface area contributed by atoms with E-state index in [-0.39, 0.29) is 0 Å². The van der Waals surface area contributed by atoms with Crippen LogP contribution in [0.25, 0.3) is 22.4 Å². The Kier molecular flexibility index (Phi) is 2.97. The summed E-state index contributed by atoms with van der Waals surface area (Å²) in [6.07, 6.45) is 4.75. The zero-order valence-electron chi connectivity index (χ0n) is 12.1. The van der Waals surface area contributed by atoms with Gasteiger partial charge in [-0.05, 0) is 37.1 Å². The SMILES string of the molecule is CCn1c(-c2cccc3c2CCNC3)nc2cnccc21. The zero-order chi connectivity index (χ0) is 14.2. The molecule has 3 aromatic rings. The quantitative estimate of drug-likeness (QED) is 0.784. The number of rotatable bonds is 2. The predicted molar refractivity (Wildman–Crippen MR) is 84.0 cm³/mol. The predicted octanol–water partition coefficient (Wildman–Crippen LogP) is 2.76. The fourth-order valence-corrected chi connectivity index (χ4v) is 3.25. The molecule has 4 heteroatoms. The topological polar surface area (TPSA) is 42.7 Å². The average Bonchev–Trinajstić information content (AvgIpc) is 2.92. The molecule has 0 unspecified atom stereocenters. The van der Waals surface area contributed by atoms with Crippen molar-refractivity contribution in [1.82, 2.24) is 19.9 Å². The third kappa shape index (κ3) is 1.94. The van der Waals surface area contributed by atoms with Gasteiger partial charge < -0.3 is 9.88 Å². The van der Waals surface area contributed by atoms with E-state index < -0.39 is 0 Å². The maximum Gasteiger partial charge on any atom is 0.141 e. The van der Waals surface area contributed by atoms with Crippen LogP contribution < -0.4 is 5.32 Å². The van der Waals surface area contributed by atoms with Crippen LogP contribution in [0.1, 0.15) is 18.1 Å². The van der Waals surface area contributed by atoms with E-state index in [0.717, 1.165) is 42.9 Å². The number of hydrogen-bond donors (Lipinski definition) is 1. The number of fused-ring (bicyclic) bond motifs is 2. The van der Waals surface area contributed by atoms with Gasteiger partial charge in [0.05, 0.1) is 11.7 Å². The van der Waals surface area contributed by atoms with Crippen LogP contribution in [0.5, 0.6) is 0 Å². The monoisotopic (exact) mass is 278 g/mol. The number of benzene rings is 1. The lowest BCUT2D eigenvalue weighted by Crippen LogP contribution is -2.24. The summed E-state index contributed by atoms with van der Waals surface area (Å²) in [5.74, 6) is 1.07. The second-order valence-corrected chi connectivity index (χ2v) is 5.41. The van der Waals surface area contributed by atoms with Crippen LogP contribution in [-0.2, 0) is 19.5 Å². The molecule has 3 heterocycles. The van der Waals surface area contributed by atoms with Gasteiger partial charge in [-0.1, -0.05) is 18.2 Å². The fourth-order valence-electron chi connectivity index (χ4n) is 3.25. The van der Waals surface area contributed by atoms with Crippen molar-refractivity contribution < 1.29 is 0 Å². The second-order valence-electron chi connectivity index (χ2n) is 5.41. The highest BCUT2D eigenvalue weighted by molar-refractivity contribution is 5.80. The van der Waals surface area contributed by atoms with Crippen LogP contribution in [0.15, 0.2) is 36.7 Å². The maximum atomic E-state index is 4.84. The standard InChI is InChI=1S/C17H18N4/c1-2-21-16-7-9-19-11-15(16)20-17(21)14-5-3-4-12-10-18-8-6-13(12)14/h3-5,7,9,11,18H,2,6,8,10H2,1H3. The Morgan fingerprint density at radius 3 is 3.14 bits per heavy atom. The minimum Gasteiger partial charge on any atom is -0.324 e. The summed E-state index contributed by atoms with van der Waals surface area (Å²) < 4.78 is 2.29. The Bertz CT molecular complexity index is 804. The number of pyridine rings is 1. The van der Waals surface area contributed by atoms with Crippen molar-refractivity contribution in [3.8, 4) is 11.4 Å². The first-order valence-corrected chi connectivity index (χ1v) is 7.50. The minimum atomic E-state index is 0.914. The number of nitrogens with one attached hydrogen (secondary N) is 1. The molecule has 1 N–H and O–H groups in total. The molecule has 0 amide bonds. The molecule has 1 aliphatic rings. The van der Waals surface area contributed by atoms with Gasteiger partial charge in [-0.25, -0.2) is 4.98 Å². The van der Waals surface area contributed by atoms with Crippen LogP contribution in [0.3, 0.4) is 0 Å². The van der Waals surface area contributed by atoms with E-state index in [9.17, 15) is 0 Å². The van der Waals surface area contributed by atoms with E-state index in [1.807, 2.05) is 18.5 Å². The summed E-state index contributed by atoms with van der Waals surface area (Å²) in [5, 5.41) is 3.44. The van der Waals surface area contributed by atoms with Crippen LogP contribution >= 0.6 is 0 Å². The molecule has 0 saturated heterocycles. The highest BCUT2D eigenvalue weighted by Crippen LogP contribution is 2.30. The van der Waals surface area contributed by atoms with Crippen molar-refractivity contribution in [2.24, 2.45) is 0 Å². The van der Waals surface area contributed by atoms with Gasteiger partial charge in [0.15, 0.2) is 0 Å². The molecule has 0 bridgehead atoms. The van der Waals surface area contributed by atoms with E-state index in [1.165, 1.54) is 16.7 Å². The molecule has 1 aromatic carbocycles. The lowest BCUT2D eigenvalue weighted by molar-refractivity contribution is 0.643. The van der Waals surface area contributed by atoms with Gasteiger partial charge in [-0.15, -0.1) is 0 Å². The largest absolute Gasteiger partial charge is 0.324 e. The Balaban J connectivity index is 1.98. The molecule has 0 aliphatic carbocycles. The maximum absolute atomic E-state index is 4.84. The van der Waals surface area contributed by atoms with Crippen LogP contribution in [-0.4, -0.2) is 21.1 Å². The highest BCUT2D eigenvalue weighted by Gasteiger charge is 2.18. The van der Waals surface area contributed by atoms with Crippen molar-refractivity contribution in [1.29, 1.82) is 0 Å². The summed E-state index contributed by atoms with van der Waals surface area (Å²) in [4.78, 5) is 9.04. The minimum absolute atomic E-state index is 0.914. The average molecular weight is 278 g/mol. The lowest BCUT2D eigenvalue weighted by atomic mass is 9.95. The summed E-state index contributed by atoms with van der Waals surface area (Å²) in [7, 11) is 0. The normalized spacial score (nSPS) is 14.3. The molecular formula is C17H18N4. The number of nitrogens with zero attached hydrogens (tertiary/aromatic N) is 3. The molecule has 0 spiro atoms. The summed E-state index contributed by atoms with van der Waals surface area (Å²) in [6.45, 7) is 5.08. The smallest absolute Gasteiger partial charge is 0.141 e. The van der Waals surface area contributed by atoms with Gasteiger partial charge in [-0.3, -0.25) is 4.98 Å². The molecule has 0 fully saturated rings. The Labute approximate surface area is 123 Å². The van der Waals surface area contributed by atoms with Crippen molar-refractivity contribution >= 4 is 11.0 Å². The number of hydrogen-bond acceptors (Lipinski definition) is 3. The fraction of sp³-hybridized carbons (Fsp3) is 0.294. The van der Waals surface area contributed by atoms with Crippen molar-refractivity contribution in [3.63, 3.8) is 0 Å². The second kappa shape index (κ2) is 4.97. The molecular weight excluding hydrogens is 260 g/mol. The third-order valence-corrected chi connectivity index (χ3v) is 4.25. The molecule has 1 aliphatic heterocycles. The Morgan fingerprint density at radius 1 is 1.29 bits per heavy atom. The molecule has 0 atom stereocenters. The van der Waals surface area contributed by atoms with E-state index in [1.54, 1.807) is 0 Å². The molecule has 0 saturated carbocycles. The first-order valence-electron chi connectivity index (χ1n) is 7.50. The molecule has 4 nitrogen and oxygen atoms in total. The third-order valence-electron chi connectivity index (χ3n) is 4.25. The van der Waals surface area contributed by atoms with Crippen LogP contribution in [0, 0.1) is 0 Å². The number of aryl methyl sites for hydroxylation is 1. The van der Waals surface area contributed by atoms with Crippen LogP contribution in [0.2, 0.25) is 0 Å². The zero-order valence-corrected chi connectivity index (χ0v) is 12.1. The summed E-state index contributed by atoms with van der Waals surface area (Å²) in [5.41, 5.74) is 6.24. The highest BCUT2D eigenvalue weighted by atomic mass is 15.1. The van der Waals surface area contributed by atoms with Gasteiger partial charge in [-0.2, -0.15) is 0 Å². The first kappa shape index (κ1) is 12.5. The van der Waals surface area contributed by atoms with Gasteiger partial charge in [0.25, 0.3) is 0 Å². The summed E-state index contributed by atoms with van der Waals surface area (Å²) >= 11 is 0. The van der Waals surface area contributed by atoms with Gasteiger partial charge in [0.1, 0.15) is 11.3 Å². The summed E-state index contributed by atoms with van der Waals surface area (Å²) in [6, 6.07) is 8.60.